The number of aromatic nitrogens is 2. The Morgan fingerprint density at radius 2 is 1.96 bits per heavy atom. The minimum atomic E-state index is -0.0398. The molecule has 0 radical (unpaired) electrons. The third kappa shape index (κ3) is 3.99. The molecule has 1 aliphatic rings. The summed E-state index contributed by atoms with van der Waals surface area (Å²) in [6.07, 6.45) is 3.87. The van der Waals surface area contributed by atoms with E-state index in [0.717, 1.165) is 36.9 Å². The van der Waals surface area contributed by atoms with Gasteiger partial charge < -0.3 is 11.1 Å². The molecule has 1 fully saturated rings. The molecule has 0 saturated heterocycles. The van der Waals surface area contributed by atoms with Gasteiger partial charge in [-0.3, -0.25) is 9.48 Å². The fraction of sp³-hybridized carbons (Fsp3) is 0.444. The van der Waals surface area contributed by atoms with E-state index in [0.29, 0.717) is 12.2 Å². The van der Waals surface area contributed by atoms with Crippen LogP contribution in [0.2, 0.25) is 0 Å². The van der Waals surface area contributed by atoms with Gasteiger partial charge in [0.25, 0.3) is 5.91 Å². The zero-order valence-corrected chi connectivity index (χ0v) is 13.5. The lowest BCUT2D eigenvalue weighted by atomic mass is 9.92. The quantitative estimate of drug-likeness (QED) is 0.909. The molecule has 1 amide bonds. The number of nitrogens with zero attached hydrogens (tertiary/aromatic N) is 2. The van der Waals surface area contributed by atoms with E-state index in [-0.39, 0.29) is 18.0 Å². The van der Waals surface area contributed by atoms with Gasteiger partial charge in [-0.05, 0) is 44.2 Å². The van der Waals surface area contributed by atoms with Crippen molar-refractivity contribution in [2.24, 2.45) is 5.73 Å². The minimum Gasteiger partial charge on any atom is -0.348 e. The molecule has 1 aliphatic carbocycles. The maximum absolute atomic E-state index is 12.6. The molecule has 0 spiro atoms. The van der Waals surface area contributed by atoms with Crippen molar-refractivity contribution in [2.75, 3.05) is 0 Å². The summed E-state index contributed by atoms with van der Waals surface area (Å²) in [7, 11) is 0. The van der Waals surface area contributed by atoms with Crippen LogP contribution in [0.15, 0.2) is 36.4 Å². The van der Waals surface area contributed by atoms with Gasteiger partial charge >= 0.3 is 0 Å². The van der Waals surface area contributed by atoms with Crippen LogP contribution in [-0.2, 0) is 6.54 Å². The third-order valence-corrected chi connectivity index (χ3v) is 4.42. The smallest absolute Gasteiger partial charge is 0.269 e. The summed E-state index contributed by atoms with van der Waals surface area (Å²) < 4.78 is 1.79. The summed E-state index contributed by atoms with van der Waals surface area (Å²) in [5, 5.41) is 7.61. The predicted molar refractivity (Wildman–Crippen MR) is 90.2 cm³/mol. The topological polar surface area (TPSA) is 72.9 Å². The van der Waals surface area contributed by atoms with Crippen molar-refractivity contribution >= 4 is 5.91 Å². The highest BCUT2D eigenvalue weighted by Crippen LogP contribution is 2.18. The molecule has 1 heterocycles. The summed E-state index contributed by atoms with van der Waals surface area (Å²) in [6, 6.07) is 12.4. The van der Waals surface area contributed by atoms with Crippen LogP contribution >= 0.6 is 0 Å². The van der Waals surface area contributed by atoms with Crippen LogP contribution in [0.4, 0.5) is 0 Å². The van der Waals surface area contributed by atoms with E-state index < -0.39 is 0 Å². The van der Waals surface area contributed by atoms with Gasteiger partial charge in [0.05, 0.1) is 12.2 Å². The van der Waals surface area contributed by atoms with Gasteiger partial charge in [-0.1, -0.05) is 30.3 Å². The third-order valence-electron chi connectivity index (χ3n) is 4.42. The molecule has 1 aromatic carbocycles. The molecule has 1 saturated carbocycles. The van der Waals surface area contributed by atoms with Gasteiger partial charge in [-0.2, -0.15) is 5.10 Å². The zero-order valence-electron chi connectivity index (χ0n) is 13.5. The molecule has 2 aromatic rings. The number of carbonyl (C=O) groups is 1. The first kappa shape index (κ1) is 15.7. The first-order valence-electron chi connectivity index (χ1n) is 8.26. The van der Waals surface area contributed by atoms with Gasteiger partial charge in [0.2, 0.25) is 0 Å². The SMILES string of the molecule is Cc1cc(C(=O)NC2CCC(N)CC2)n(Cc2ccccc2)n1. The Morgan fingerprint density at radius 1 is 1.26 bits per heavy atom. The molecule has 0 bridgehead atoms. The van der Waals surface area contributed by atoms with Crippen molar-refractivity contribution in [3.05, 3.63) is 53.3 Å². The summed E-state index contributed by atoms with van der Waals surface area (Å²) in [5.41, 5.74) is 8.54. The van der Waals surface area contributed by atoms with Crippen LogP contribution in [0.1, 0.15) is 47.4 Å². The van der Waals surface area contributed by atoms with Gasteiger partial charge in [0, 0.05) is 12.1 Å². The van der Waals surface area contributed by atoms with Crippen molar-refractivity contribution < 1.29 is 4.79 Å². The molecule has 5 nitrogen and oxygen atoms in total. The van der Waals surface area contributed by atoms with Crippen LogP contribution < -0.4 is 11.1 Å². The van der Waals surface area contributed by atoms with Crippen molar-refractivity contribution in [1.29, 1.82) is 0 Å². The number of nitrogens with two attached hydrogens (primary N) is 1. The average molecular weight is 312 g/mol. The fourth-order valence-electron chi connectivity index (χ4n) is 3.13. The number of amides is 1. The highest BCUT2D eigenvalue weighted by atomic mass is 16.2. The predicted octanol–water partition coefficient (Wildman–Crippen LogP) is 2.24. The maximum Gasteiger partial charge on any atom is 0.269 e. The molecule has 3 N–H and O–H groups in total. The first-order chi connectivity index (χ1) is 11.1. The normalized spacial score (nSPS) is 21.1. The number of benzene rings is 1. The lowest BCUT2D eigenvalue weighted by Crippen LogP contribution is -2.41. The first-order valence-corrected chi connectivity index (χ1v) is 8.26. The van der Waals surface area contributed by atoms with E-state index >= 15 is 0 Å². The molecular formula is C18H24N4O. The number of hydrogen-bond donors (Lipinski definition) is 2. The van der Waals surface area contributed by atoms with Gasteiger partial charge in [0.15, 0.2) is 0 Å². The molecule has 3 rings (SSSR count). The Morgan fingerprint density at radius 3 is 2.65 bits per heavy atom. The van der Waals surface area contributed by atoms with Crippen molar-refractivity contribution in [3.63, 3.8) is 0 Å². The second-order valence-corrected chi connectivity index (χ2v) is 6.40. The molecule has 0 atom stereocenters. The highest BCUT2D eigenvalue weighted by Gasteiger charge is 2.22. The molecular weight excluding hydrogens is 288 g/mol. The maximum atomic E-state index is 12.6. The number of aryl methyl sites for hydroxylation is 1. The molecule has 5 heteroatoms. The molecule has 0 unspecified atom stereocenters. The summed E-state index contributed by atoms with van der Waals surface area (Å²) in [6.45, 7) is 2.52. The summed E-state index contributed by atoms with van der Waals surface area (Å²) >= 11 is 0. The fourth-order valence-corrected chi connectivity index (χ4v) is 3.13. The molecule has 1 aromatic heterocycles. The Balaban J connectivity index is 1.70. The summed E-state index contributed by atoms with van der Waals surface area (Å²) in [4.78, 5) is 12.6. The Labute approximate surface area is 136 Å². The highest BCUT2D eigenvalue weighted by molar-refractivity contribution is 5.92. The van der Waals surface area contributed by atoms with Crippen LogP contribution in [0.5, 0.6) is 0 Å². The second kappa shape index (κ2) is 6.96. The number of hydrogen-bond acceptors (Lipinski definition) is 3. The second-order valence-electron chi connectivity index (χ2n) is 6.40. The Kier molecular flexibility index (Phi) is 4.76. The number of nitrogens with one attached hydrogen (secondary N) is 1. The van der Waals surface area contributed by atoms with E-state index in [4.69, 9.17) is 5.73 Å². The molecule has 23 heavy (non-hydrogen) atoms. The Bertz CT molecular complexity index is 657. The number of carbonyl (C=O) groups excluding carboxylic acids is 1. The van der Waals surface area contributed by atoms with Crippen LogP contribution in [0, 0.1) is 6.92 Å². The lowest BCUT2D eigenvalue weighted by Gasteiger charge is -2.26. The van der Waals surface area contributed by atoms with Crippen molar-refractivity contribution in [2.45, 2.75) is 51.2 Å². The standard InChI is InChI=1S/C18H24N4O/c1-13-11-17(18(23)20-16-9-7-15(19)8-10-16)22(21-13)12-14-5-3-2-4-6-14/h2-6,11,15-16H,7-10,12,19H2,1H3,(H,20,23). The monoisotopic (exact) mass is 312 g/mol. The average Bonchev–Trinajstić information content (AvgIpc) is 2.91. The van der Waals surface area contributed by atoms with Crippen molar-refractivity contribution in [1.82, 2.24) is 15.1 Å². The van der Waals surface area contributed by atoms with E-state index in [1.165, 1.54) is 0 Å². The van der Waals surface area contributed by atoms with E-state index in [1.807, 2.05) is 43.3 Å². The van der Waals surface area contributed by atoms with Gasteiger partial charge in [0.1, 0.15) is 5.69 Å². The zero-order chi connectivity index (χ0) is 16.2. The summed E-state index contributed by atoms with van der Waals surface area (Å²) in [5.74, 6) is -0.0398. The molecule has 0 aliphatic heterocycles. The lowest BCUT2D eigenvalue weighted by molar-refractivity contribution is 0.0915. The van der Waals surface area contributed by atoms with E-state index in [1.54, 1.807) is 4.68 Å². The Hall–Kier alpha value is -2.14. The van der Waals surface area contributed by atoms with E-state index in [2.05, 4.69) is 10.4 Å². The van der Waals surface area contributed by atoms with Crippen LogP contribution in [0.3, 0.4) is 0 Å². The minimum absolute atomic E-state index is 0.0398. The van der Waals surface area contributed by atoms with Crippen LogP contribution in [-0.4, -0.2) is 27.8 Å². The molecule has 122 valence electrons. The van der Waals surface area contributed by atoms with Gasteiger partial charge in [-0.15, -0.1) is 0 Å². The van der Waals surface area contributed by atoms with Crippen molar-refractivity contribution in [3.8, 4) is 0 Å². The van der Waals surface area contributed by atoms with Gasteiger partial charge in [-0.25, -0.2) is 0 Å². The number of rotatable bonds is 4. The largest absolute Gasteiger partial charge is 0.348 e. The van der Waals surface area contributed by atoms with E-state index in [9.17, 15) is 4.79 Å². The van der Waals surface area contributed by atoms with Crippen LogP contribution in [0.25, 0.3) is 0 Å².